The number of hydrogen-bond donors (Lipinski definition) is 1. The molecule has 1 N–H and O–H groups in total. The van der Waals surface area contributed by atoms with E-state index in [1.165, 1.54) is 31.2 Å². The maximum Gasteiger partial charge on any atom is 0.137 e. The second-order valence-electron chi connectivity index (χ2n) is 5.39. The summed E-state index contributed by atoms with van der Waals surface area (Å²) >= 11 is 7.08. The second kappa shape index (κ2) is 6.59. The fourth-order valence-electron chi connectivity index (χ4n) is 2.77. The van der Waals surface area contributed by atoms with Crippen LogP contribution in [0.3, 0.4) is 0 Å². The highest BCUT2D eigenvalue weighted by molar-refractivity contribution is 9.11. The fraction of sp³-hybridized carbons (Fsp3) is 0.600. The normalized spacial score (nSPS) is 17.1. The van der Waals surface area contributed by atoms with Crippen LogP contribution in [0.2, 0.25) is 0 Å². The van der Waals surface area contributed by atoms with E-state index >= 15 is 0 Å². The minimum atomic E-state index is 0.552. The van der Waals surface area contributed by atoms with Crippen molar-refractivity contribution in [3.63, 3.8) is 0 Å². The summed E-state index contributed by atoms with van der Waals surface area (Å²) in [6.07, 6.45) is 5.41. The maximum absolute atomic E-state index is 5.47. The van der Waals surface area contributed by atoms with Crippen molar-refractivity contribution in [2.24, 2.45) is 5.41 Å². The van der Waals surface area contributed by atoms with Gasteiger partial charge in [0.25, 0.3) is 0 Å². The molecule has 0 atom stereocenters. The van der Waals surface area contributed by atoms with E-state index in [1.54, 1.807) is 7.11 Å². The Labute approximate surface area is 132 Å². The minimum Gasteiger partial charge on any atom is -0.495 e. The average molecular weight is 391 g/mol. The molecule has 4 heteroatoms. The lowest BCUT2D eigenvalue weighted by Gasteiger charge is -2.41. The number of benzene rings is 1. The number of methoxy groups -OCH3 is 1. The molecule has 1 aliphatic carbocycles. The van der Waals surface area contributed by atoms with Crippen LogP contribution in [0.5, 0.6) is 5.75 Å². The summed E-state index contributed by atoms with van der Waals surface area (Å²) in [5.41, 5.74) is 1.74. The van der Waals surface area contributed by atoms with Crippen LogP contribution in [0, 0.1) is 5.41 Å². The first-order valence-corrected chi connectivity index (χ1v) is 8.41. The molecule has 0 radical (unpaired) electrons. The molecule has 0 heterocycles. The van der Waals surface area contributed by atoms with Gasteiger partial charge in [-0.2, -0.15) is 0 Å². The number of halogens is 2. The average Bonchev–Trinajstić information content (AvgIpc) is 2.32. The molecule has 2 rings (SSSR count). The van der Waals surface area contributed by atoms with Gasteiger partial charge in [0.05, 0.1) is 11.6 Å². The Morgan fingerprint density at radius 1 is 1.32 bits per heavy atom. The fourth-order valence-corrected chi connectivity index (χ4v) is 4.24. The van der Waals surface area contributed by atoms with E-state index in [0.29, 0.717) is 5.41 Å². The van der Waals surface area contributed by atoms with Gasteiger partial charge in [0.2, 0.25) is 0 Å². The second-order valence-corrected chi connectivity index (χ2v) is 7.16. The number of ether oxygens (including phenoxy) is 1. The first-order chi connectivity index (χ1) is 9.10. The molecule has 1 saturated carbocycles. The first kappa shape index (κ1) is 15.3. The molecule has 1 aliphatic rings. The molecule has 0 saturated heterocycles. The highest BCUT2D eigenvalue weighted by Crippen LogP contribution is 2.43. The van der Waals surface area contributed by atoms with Gasteiger partial charge in [-0.1, -0.05) is 29.3 Å². The molecule has 0 unspecified atom stereocenters. The Morgan fingerprint density at radius 2 is 2.05 bits per heavy atom. The van der Waals surface area contributed by atoms with Crippen LogP contribution in [0.1, 0.15) is 38.2 Å². The number of nitrogens with one attached hydrogen (secondary N) is 1. The quantitative estimate of drug-likeness (QED) is 0.746. The first-order valence-electron chi connectivity index (χ1n) is 6.83. The molecule has 1 aromatic rings. The van der Waals surface area contributed by atoms with Gasteiger partial charge in [0.15, 0.2) is 0 Å². The zero-order chi connectivity index (χ0) is 13.9. The molecular weight excluding hydrogens is 370 g/mol. The molecule has 0 amide bonds. The topological polar surface area (TPSA) is 21.3 Å². The standard InChI is InChI=1S/C15H21Br2NO/c1-3-15(5-4-6-15)10-18-9-11-7-12(16)8-13(17)14(11)19-2/h7-8,18H,3-6,9-10H2,1-2H3. The van der Waals surface area contributed by atoms with Gasteiger partial charge >= 0.3 is 0 Å². The lowest BCUT2D eigenvalue weighted by Crippen LogP contribution is -2.39. The van der Waals surface area contributed by atoms with E-state index in [4.69, 9.17) is 4.74 Å². The van der Waals surface area contributed by atoms with Crippen molar-refractivity contribution < 1.29 is 4.74 Å². The van der Waals surface area contributed by atoms with Crippen LogP contribution in [-0.2, 0) is 6.54 Å². The molecule has 106 valence electrons. The van der Waals surface area contributed by atoms with E-state index < -0.39 is 0 Å². The van der Waals surface area contributed by atoms with Crippen molar-refractivity contribution in [2.45, 2.75) is 39.2 Å². The molecule has 19 heavy (non-hydrogen) atoms. The summed E-state index contributed by atoms with van der Waals surface area (Å²) in [6, 6.07) is 4.14. The highest BCUT2D eigenvalue weighted by atomic mass is 79.9. The van der Waals surface area contributed by atoms with E-state index in [-0.39, 0.29) is 0 Å². The lowest BCUT2D eigenvalue weighted by molar-refractivity contribution is 0.123. The van der Waals surface area contributed by atoms with Gasteiger partial charge in [0.1, 0.15) is 5.75 Å². The molecule has 2 nitrogen and oxygen atoms in total. The zero-order valence-electron chi connectivity index (χ0n) is 11.6. The van der Waals surface area contributed by atoms with Crippen LogP contribution in [0.15, 0.2) is 21.1 Å². The Balaban J connectivity index is 1.99. The van der Waals surface area contributed by atoms with E-state index in [0.717, 1.165) is 27.8 Å². The predicted molar refractivity (Wildman–Crippen MR) is 86.7 cm³/mol. The van der Waals surface area contributed by atoms with E-state index in [1.807, 2.05) is 6.07 Å². The van der Waals surface area contributed by atoms with Crippen molar-refractivity contribution in [3.8, 4) is 5.75 Å². The summed E-state index contributed by atoms with van der Waals surface area (Å²) in [6.45, 7) is 4.26. The molecule has 1 fully saturated rings. The number of rotatable bonds is 6. The summed E-state index contributed by atoms with van der Waals surface area (Å²) < 4.78 is 7.54. The summed E-state index contributed by atoms with van der Waals surface area (Å²) in [7, 11) is 1.72. The van der Waals surface area contributed by atoms with Gasteiger partial charge in [-0.3, -0.25) is 0 Å². The Bertz CT molecular complexity index is 439. The molecule has 0 aromatic heterocycles. The zero-order valence-corrected chi connectivity index (χ0v) is 14.7. The minimum absolute atomic E-state index is 0.552. The molecule has 0 spiro atoms. The van der Waals surface area contributed by atoms with Gasteiger partial charge in [-0.25, -0.2) is 0 Å². The van der Waals surface area contributed by atoms with Crippen LogP contribution in [0.25, 0.3) is 0 Å². The summed E-state index contributed by atoms with van der Waals surface area (Å²) in [5.74, 6) is 0.926. The third-order valence-corrected chi connectivity index (χ3v) is 5.32. The summed E-state index contributed by atoms with van der Waals surface area (Å²) in [5, 5.41) is 3.60. The van der Waals surface area contributed by atoms with Crippen LogP contribution < -0.4 is 10.1 Å². The molecule has 0 bridgehead atoms. The third-order valence-electron chi connectivity index (χ3n) is 4.27. The highest BCUT2D eigenvalue weighted by Gasteiger charge is 2.34. The van der Waals surface area contributed by atoms with Gasteiger partial charge in [0, 0.05) is 23.1 Å². The molecule has 1 aromatic carbocycles. The van der Waals surface area contributed by atoms with Gasteiger partial charge in [-0.05, 0) is 52.7 Å². The largest absolute Gasteiger partial charge is 0.495 e. The number of hydrogen-bond acceptors (Lipinski definition) is 2. The van der Waals surface area contributed by atoms with Crippen molar-refractivity contribution in [3.05, 3.63) is 26.6 Å². The van der Waals surface area contributed by atoms with Crippen LogP contribution in [-0.4, -0.2) is 13.7 Å². The van der Waals surface area contributed by atoms with Crippen molar-refractivity contribution in [2.75, 3.05) is 13.7 Å². The molecule has 0 aliphatic heterocycles. The monoisotopic (exact) mass is 389 g/mol. The van der Waals surface area contributed by atoms with Crippen molar-refractivity contribution in [1.82, 2.24) is 5.32 Å². The Morgan fingerprint density at radius 3 is 2.58 bits per heavy atom. The lowest BCUT2D eigenvalue weighted by atomic mass is 9.67. The van der Waals surface area contributed by atoms with Crippen molar-refractivity contribution in [1.29, 1.82) is 0 Å². The smallest absolute Gasteiger partial charge is 0.137 e. The SMILES string of the molecule is CCC1(CNCc2cc(Br)cc(Br)c2OC)CCC1. The maximum atomic E-state index is 5.47. The summed E-state index contributed by atoms with van der Waals surface area (Å²) in [4.78, 5) is 0. The van der Waals surface area contributed by atoms with Gasteiger partial charge < -0.3 is 10.1 Å². The Kier molecular flexibility index (Phi) is 5.32. The van der Waals surface area contributed by atoms with Gasteiger partial charge in [-0.15, -0.1) is 0 Å². The third kappa shape index (κ3) is 3.53. The Hall–Kier alpha value is -0.0600. The van der Waals surface area contributed by atoms with E-state index in [2.05, 4.69) is 50.2 Å². The predicted octanol–water partition coefficient (Wildman–Crippen LogP) is 4.89. The molecular formula is C15H21Br2NO. The van der Waals surface area contributed by atoms with Crippen LogP contribution >= 0.6 is 31.9 Å². The van der Waals surface area contributed by atoms with E-state index in [9.17, 15) is 0 Å². The van der Waals surface area contributed by atoms with Crippen LogP contribution in [0.4, 0.5) is 0 Å². The van der Waals surface area contributed by atoms with Crippen molar-refractivity contribution >= 4 is 31.9 Å².